The van der Waals surface area contributed by atoms with Crippen molar-refractivity contribution in [1.82, 2.24) is 0 Å². The third kappa shape index (κ3) is 4.60. The molecule has 0 amide bonds. The summed E-state index contributed by atoms with van der Waals surface area (Å²) in [5.41, 5.74) is 0.720. The molecule has 0 radical (unpaired) electrons. The minimum atomic E-state index is -0.883. The van der Waals surface area contributed by atoms with Gasteiger partial charge in [0, 0.05) is 12.8 Å². The van der Waals surface area contributed by atoms with Gasteiger partial charge in [-0.05, 0) is 43.0 Å². The van der Waals surface area contributed by atoms with Gasteiger partial charge in [-0.15, -0.1) is 10.2 Å². The molecule has 4 nitrogen and oxygen atoms in total. The maximum absolute atomic E-state index is 4.49. The van der Waals surface area contributed by atoms with Crippen LogP contribution in [0.1, 0.15) is 32.1 Å². The van der Waals surface area contributed by atoms with Crippen LogP contribution in [0.15, 0.2) is 81.1 Å². The largest absolute Gasteiger partial charge is 0.251 e. The Morgan fingerprint density at radius 3 is 1.88 bits per heavy atom. The highest BCUT2D eigenvalue weighted by Crippen LogP contribution is 2.28. The predicted molar refractivity (Wildman–Crippen MR) is 95.5 cm³/mol. The summed E-state index contributed by atoms with van der Waals surface area (Å²) in [5.74, 6) is 6.40. The highest BCUT2D eigenvalue weighted by atomic mass is 15.3. The quantitative estimate of drug-likeness (QED) is 0.475. The lowest BCUT2D eigenvalue weighted by atomic mass is 10.00. The molecule has 0 unspecified atom stereocenters. The van der Waals surface area contributed by atoms with E-state index in [2.05, 4.69) is 32.3 Å². The summed E-state index contributed by atoms with van der Waals surface area (Å²) in [7, 11) is 0. The van der Waals surface area contributed by atoms with Gasteiger partial charge in [0.2, 0.25) is 0 Å². The zero-order valence-corrected chi connectivity index (χ0v) is 13.6. The number of nitrogens with zero attached hydrogens (tertiary/aromatic N) is 4. The van der Waals surface area contributed by atoms with Crippen molar-refractivity contribution in [2.75, 3.05) is 0 Å². The molecular formula is C20H20N4. The van der Waals surface area contributed by atoms with E-state index in [9.17, 15) is 0 Å². The van der Waals surface area contributed by atoms with E-state index in [-0.39, 0.29) is 0 Å². The first-order chi connectivity index (χ1) is 11.9. The van der Waals surface area contributed by atoms with E-state index in [0.717, 1.165) is 43.5 Å². The van der Waals surface area contributed by atoms with Gasteiger partial charge in [0.25, 0.3) is 5.66 Å². The topological polar surface area (TPSA) is 49.4 Å². The lowest BCUT2D eigenvalue weighted by molar-refractivity contribution is 0.451. The van der Waals surface area contributed by atoms with Gasteiger partial charge in [0.05, 0.1) is 11.4 Å². The minimum absolute atomic E-state index is 0.743. The first-order valence-corrected chi connectivity index (χ1v) is 8.32. The smallest absolute Gasteiger partial charge is 0.152 e. The molecule has 0 fully saturated rings. The van der Waals surface area contributed by atoms with Crippen molar-refractivity contribution < 1.29 is 0 Å². The Morgan fingerprint density at radius 2 is 1.29 bits per heavy atom. The Balaban J connectivity index is 1.91. The molecule has 1 aliphatic rings. The van der Waals surface area contributed by atoms with Gasteiger partial charge in [-0.3, -0.25) is 0 Å². The molecule has 0 atom stereocenters. The van der Waals surface area contributed by atoms with Crippen molar-refractivity contribution in [3.05, 3.63) is 60.7 Å². The molecule has 0 saturated heterocycles. The van der Waals surface area contributed by atoms with Gasteiger partial charge in [-0.2, -0.15) is 10.2 Å². The number of hydrogen-bond donors (Lipinski definition) is 0. The average Bonchev–Trinajstić information content (AvgIpc) is 2.62. The van der Waals surface area contributed by atoms with Crippen LogP contribution < -0.4 is 0 Å². The Bertz CT molecular complexity index is 705. The van der Waals surface area contributed by atoms with E-state index in [0.29, 0.717) is 0 Å². The molecule has 24 heavy (non-hydrogen) atoms. The van der Waals surface area contributed by atoms with E-state index in [4.69, 9.17) is 0 Å². The maximum Gasteiger partial charge on any atom is 0.251 e. The fourth-order valence-electron chi connectivity index (χ4n) is 2.47. The zero-order valence-electron chi connectivity index (χ0n) is 13.6. The molecule has 0 bridgehead atoms. The van der Waals surface area contributed by atoms with Gasteiger partial charge in [-0.1, -0.05) is 48.7 Å². The van der Waals surface area contributed by atoms with Crippen LogP contribution in [0, 0.1) is 11.8 Å². The molecule has 0 heterocycles. The maximum atomic E-state index is 4.49. The average molecular weight is 316 g/mol. The summed E-state index contributed by atoms with van der Waals surface area (Å²) >= 11 is 0. The lowest BCUT2D eigenvalue weighted by Gasteiger charge is -2.18. The molecule has 1 aliphatic carbocycles. The number of hydrogen-bond acceptors (Lipinski definition) is 4. The van der Waals surface area contributed by atoms with Gasteiger partial charge in [0.15, 0.2) is 0 Å². The third-order valence-electron chi connectivity index (χ3n) is 3.79. The number of azo groups is 2. The van der Waals surface area contributed by atoms with Crippen molar-refractivity contribution in [2.24, 2.45) is 20.5 Å². The van der Waals surface area contributed by atoms with E-state index >= 15 is 0 Å². The predicted octanol–water partition coefficient (Wildman–Crippen LogP) is 6.22. The minimum Gasteiger partial charge on any atom is -0.152 e. The van der Waals surface area contributed by atoms with Crippen LogP contribution in [0.3, 0.4) is 0 Å². The zero-order chi connectivity index (χ0) is 16.5. The molecule has 120 valence electrons. The van der Waals surface area contributed by atoms with Gasteiger partial charge in [0.1, 0.15) is 0 Å². The molecule has 0 saturated carbocycles. The third-order valence-corrected chi connectivity index (χ3v) is 3.79. The highest BCUT2D eigenvalue weighted by molar-refractivity contribution is 5.36. The number of rotatable bonds is 4. The molecule has 4 heteroatoms. The summed E-state index contributed by atoms with van der Waals surface area (Å²) in [6.07, 6.45) is 4.92. The van der Waals surface area contributed by atoms with Crippen LogP contribution in [0.2, 0.25) is 0 Å². The monoisotopic (exact) mass is 316 g/mol. The summed E-state index contributed by atoms with van der Waals surface area (Å²) < 4.78 is 0. The summed E-state index contributed by atoms with van der Waals surface area (Å²) in [6, 6.07) is 19.4. The van der Waals surface area contributed by atoms with Crippen LogP contribution in [0.4, 0.5) is 11.4 Å². The van der Waals surface area contributed by atoms with Gasteiger partial charge in [-0.25, -0.2) is 0 Å². The highest BCUT2D eigenvalue weighted by Gasteiger charge is 2.28. The van der Waals surface area contributed by atoms with Crippen LogP contribution in [-0.2, 0) is 0 Å². The first-order valence-electron chi connectivity index (χ1n) is 8.32. The molecule has 0 aromatic heterocycles. The Morgan fingerprint density at radius 1 is 0.708 bits per heavy atom. The van der Waals surface area contributed by atoms with Crippen molar-refractivity contribution in [1.29, 1.82) is 0 Å². The first kappa shape index (κ1) is 16.1. The normalized spacial score (nSPS) is 21.2. The second-order valence-corrected chi connectivity index (χ2v) is 5.75. The fraction of sp³-hybridized carbons (Fsp3) is 0.300. The molecular weight excluding hydrogens is 296 g/mol. The van der Waals surface area contributed by atoms with Crippen LogP contribution in [0.25, 0.3) is 0 Å². The SMILES string of the molecule is C1#CC(N=Nc2ccccc2)(N=Nc2ccccc2)CCCCC1. The van der Waals surface area contributed by atoms with Crippen molar-refractivity contribution in [3.8, 4) is 11.8 Å². The summed E-state index contributed by atoms with van der Waals surface area (Å²) in [4.78, 5) is 0. The van der Waals surface area contributed by atoms with E-state index in [1.165, 1.54) is 0 Å². The molecule has 3 rings (SSSR count). The lowest BCUT2D eigenvalue weighted by Crippen LogP contribution is -2.21. The number of benzene rings is 2. The molecule has 2 aromatic rings. The van der Waals surface area contributed by atoms with Gasteiger partial charge < -0.3 is 0 Å². The Kier molecular flexibility index (Phi) is 5.47. The van der Waals surface area contributed by atoms with E-state index in [1.54, 1.807) is 0 Å². The van der Waals surface area contributed by atoms with Crippen molar-refractivity contribution >= 4 is 11.4 Å². The van der Waals surface area contributed by atoms with Crippen LogP contribution >= 0.6 is 0 Å². The Labute approximate surface area is 142 Å². The molecule has 0 aliphatic heterocycles. The summed E-state index contributed by atoms with van der Waals surface area (Å²) in [6.45, 7) is 0. The second kappa shape index (κ2) is 8.16. The van der Waals surface area contributed by atoms with E-state index < -0.39 is 5.66 Å². The molecule has 2 aromatic carbocycles. The second-order valence-electron chi connectivity index (χ2n) is 5.75. The fourth-order valence-corrected chi connectivity index (χ4v) is 2.47. The molecule has 0 spiro atoms. The van der Waals surface area contributed by atoms with Crippen molar-refractivity contribution in [3.63, 3.8) is 0 Å². The van der Waals surface area contributed by atoms with Crippen LogP contribution in [0.5, 0.6) is 0 Å². The van der Waals surface area contributed by atoms with Gasteiger partial charge >= 0.3 is 0 Å². The van der Waals surface area contributed by atoms with Crippen LogP contribution in [-0.4, -0.2) is 5.66 Å². The summed E-state index contributed by atoms with van der Waals surface area (Å²) in [5, 5.41) is 17.7. The standard InChI is InChI=1S/C20H20N4/c1-2-10-16-20(17-11-3-1,23-21-18-12-6-4-7-13-18)24-22-19-14-8-5-9-15-19/h4-9,12-15H,1-3,10,16H2. The van der Waals surface area contributed by atoms with Crippen molar-refractivity contribution in [2.45, 2.75) is 37.8 Å². The Hall–Kier alpha value is -2.80. The van der Waals surface area contributed by atoms with E-state index in [1.807, 2.05) is 60.7 Å². The molecule has 0 N–H and O–H groups in total.